The largest absolute Gasteiger partial charge is 0.392 e. The van der Waals surface area contributed by atoms with Gasteiger partial charge in [-0.3, -0.25) is 4.90 Å². The van der Waals surface area contributed by atoms with Gasteiger partial charge in [0.15, 0.2) is 0 Å². The molecule has 1 saturated heterocycles. The zero-order chi connectivity index (χ0) is 12.3. The van der Waals surface area contributed by atoms with E-state index < -0.39 is 0 Å². The van der Waals surface area contributed by atoms with Crippen LogP contribution in [0, 0.1) is 0 Å². The highest BCUT2D eigenvalue weighted by molar-refractivity contribution is 5.31. The van der Waals surface area contributed by atoms with Crippen LogP contribution in [-0.2, 0) is 6.61 Å². The van der Waals surface area contributed by atoms with Crippen molar-refractivity contribution < 1.29 is 5.11 Å². The van der Waals surface area contributed by atoms with Crippen LogP contribution in [0.2, 0.25) is 0 Å². The second kappa shape index (κ2) is 5.42. The van der Waals surface area contributed by atoms with Gasteiger partial charge in [-0.15, -0.1) is 0 Å². The van der Waals surface area contributed by atoms with Crippen molar-refractivity contribution in [2.24, 2.45) is 0 Å². The Morgan fingerprint density at radius 2 is 2.06 bits per heavy atom. The number of likely N-dealkylation sites (N-methyl/N-ethyl adjacent to an activating group) is 1. The summed E-state index contributed by atoms with van der Waals surface area (Å²) in [7, 11) is 0. The summed E-state index contributed by atoms with van der Waals surface area (Å²) in [5.41, 5.74) is 0.758. The minimum absolute atomic E-state index is 0.000293. The molecule has 1 aromatic rings. The molecule has 0 spiro atoms. The molecule has 5 heteroatoms. The normalized spacial score (nSPS) is 21.8. The molecule has 1 fully saturated rings. The monoisotopic (exact) mass is 236 g/mol. The number of aliphatic hydroxyl groups is 1. The van der Waals surface area contributed by atoms with Crippen LogP contribution in [0.5, 0.6) is 0 Å². The van der Waals surface area contributed by atoms with Gasteiger partial charge in [-0.25, -0.2) is 9.97 Å². The maximum atomic E-state index is 8.95. The fourth-order valence-electron chi connectivity index (χ4n) is 2.24. The lowest BCUT2D eigenvalue weighted by atomic mass is 10.2. The molecule has 0 aliphatic carbocycles. The zero-order valence-corrected chi connectivity index (χ0v) is 10.5. The summed E-state index contributed by atoms with van der Waals surface area (Å²) in [6.07, 6.45) is 3.39. The first-order valence-electron chi connectivity index (χ1n) is 6.15. The van der Waals surface area contributed by atoms with Crippen molar-refractivity contribution in [3.05, 3.63) is 18.0 Å². The van der Waals surface area contributed by atoms with Crippen LogP contribution < -0.4 is 4.90 Å². The Labute approximate surface area is 102 Å². The van der Waals surface area contributed by atoms with Gasteiger partial charge in [0.1, 0.15) is 0 Å². The van der Waals surface area contributed by atoms with Gasteiger partial charge in [0.2, 0.25) is 5.95 Å². The third-order valence-corrected chi connectivity index (χ3v) is 3.33. The first kappa shape index (κ1) is 12.3. The fraction of sp³-hybridized carbons (Fsp3) is 0.667. The number of hydrogen-bond acceptors (Lipinski definition) is 5. The topological polar surface area (TPSA) is 52.5 Å². The second-order valence-electron chi connectivity index (χ2n) is 4.47. The molecule has 1 aliphatic heterocycles. The molecule has 1 N–H and O–H groups in total. The van der Waals surface area contributed by atoms with Gasteiger partial charge in [0.05, 0.1) is 6.61 Å². The number of nitrogens with zero attached hydrogens (tertiary/aromatic N) is 4. The van der Waals surface area contributed by atoms with Crippen LogP contribution in [0.15, 0.2) is 12.4 Å². The Kier molecular flexibility index (Phi) is 3.91. The minimum Gasteiger partial charge on any atom is -0.392 e. The summed E-state index contributed by atoms with van der Waals surface area (Å²) >= 11 is 0. The smallest absolute Gasteiger partial charge is 0.225 e. The fourth-order valence-corrected chi connectivity index (χ4v) is 2.24. The van der Waals surface area contributed by atoms with E-state index in [0.717, 1.165) is 37.7 Å². The first-order valence-corrected chi connectivity index (χ1v) is 6.15. The third-order valence-electron chi connectivity index (χ3n) is 3.33. The Morgan fingerprint density at radius 1 is 1.35 bits per heavy atom. The summed E-state index contributed by atoms with van der Waals surface area (Å²) in [5.74, 6) is 0.768. The molecule has 1 atom stereocenters. The zero-order valence-electron chi connectivity index (χ0n) is 10.5. The van der Waals surface area contributed by atoms with E-state index in [1.165, 1.54) is 0 Å². The van der Waals surface area contributed by atoms with Gasteiger partial charge < -0.3 is 10.0 Å². The maximum absolute atomic E-state index is 8.95. The first-order chi connectivity index (χ1) is 8.24. The van der Waals surface area contributed by atoms with E-state index >= 15 is 0 Å². The molecule has 1 aliphatic rings. The molecule has 17 heavy (non-hydrogen) atoms. The van der Waals surface area contributed by atoms with E-state index in [2.05, 4.69) is 33.6 Å². The third kappa shape index (κ3) is 2.73. The van der Waals surface area contributed by atoms with Gasteiger partial charge in [-0.1, -0.05) is 6.92 Å². The number of aliphatic hydroxyl groups excluding tert-OH is 1. The standard InChI is InChI=1S/C12H20N4O/c1-3-15-4-5-16(8-10(15)2)12-13-6-11(9-17)7-14-12/h6-7,10,17H,3-5,8-9H2,1-2H3. The van der Waals surface area contributed by atoms with Crippen molar-refractivity contribution in [3.8, 4) is 0 Å². The quantitative estimate of drug-likeness (QED) is 0.828. The van der Waals surface area contributed by atoms with Gasteiger partial charge in [0, 0.05) is 43.6 Å². The summed E-state index contributed by atoms with van der Waals surface area (Å²) in [6, 6.07) is 0.537. The maximum Gasteiger partial charge on any atom is 0.225 e. The van der Waals surface area contributed by atoms with Crippen molar-refractivity contribution in [1.29, 1.82) is 0 Å². The number of piperazine rings is 1. The molecule has 2 rings (SSSR count). The molecule has 0 aromatic carbocycles. The predicted molar refractivity (Wildman–Crippen MR) is 66.9 cm³/mol. The van der Waals surface area contributed by atoms with Crippen LogP contribution >= 0.6 is 0 Å². The molecule has 0 radical (unpaired) electrons. The highest BCUT2D eigenvalue weighted by atomic mass is 16.3. The number of rotatable bonds is 3. The lowest BCUT2D eigenvalue weighted by molar-refractivity contribution is 0.198. The van der Waals surface area contributed by atoms with Crippen molar-refractivity contribution in [1.82, 2.24) is 14.9 Å². The summed E-state index contributed by atoms with van der Waals surface area (Å²) in [5, 5.41) is 8.95. The molecular formula is C12H20N4O. The van der Waals surface area contributed by atoms with Gasteiger partial charge >= 0.3 is 0 Å². The highest BCUT2D eigenvalue weighted by Crippen LogP contribution is 2.14. The molecule has 0 amide bonds. The van der Waals surface area contributed by atoms with Crippen LogP contribution in [0.25, 0.3) is 0 Å². The molecule has 94 valence electrons. The average Bonchev–Trinajstić information content (AvgIpc) is 2.39. The molecule has 1 aromatic heterocycles. The number of hydrogen-bond donors (Lipinski definition) is 1. The summed E-state index contributed by atoms with van der Waals surface area (Å²) < 4.78 is 0. The average molecular weight is 236 g/mol. The van der Waals surface area contributed by atoms with Crippen molar-refractivity contribution in [2.75, 3.05) is 31.1 Å². The number of aromatic nitrogens is 2. The minimum atomic E-state index is 0.000293. The van der Waals surface area contributed by atoms with Gasteiger partial charge in [-0.05, 0) is 13.5 Å². The van der Waals surface area contributed by atoms with E-state index in [-0.39, 0.29) is 6.61 Å². The summed E-state index contributed by atoms with van der Waals surface area (Å²) in [4.78, 5) is 13.3. The Bertz CT molecular complexity index is 354. The Balaban J connectivity index is 2.03. The molecule has 5 nitrogen and oxygen atoms in total. The summed E-state index contributed by atoms with van der Waals surface area (Å²) in [6.45, 7) is 8.52. The molecule has 0 bridgehead atoms. The molecule has 1 unspecified atom stereocenters. The van der Waals surface area contributed by atoms with Crippen LogP contribution in [0.4, 0.5) is 5.95 Å². The Morgan fingerprint density at radius 3 is 2.59 bits per heavy atom. The number of anilines is 1. The van der Waals surface area contributed by atoms with Gasteiger partial charge in [-0.2, -0.15) is 0 Å². The highest BCUT2D eigenvalue weighted by Gasteiger charge is 2.23. The molecule has 2 heterocycles. The van der Waals surface area contributed by atoms with Crippen molar-refractivity contribution in [2.45, 2.75) is 26.5 Å². The lowest BCUT2D eigenvalue weighted by Crippen LogP contribution is -2.52. The van der Waals surface area contributed by atoms with Crippen LogP contribution in [0.3, 0.4) is 0 Å². The van der Waals surface area contributed by atoms with Crippen LogP contribution in [0.1, 0.15) is 19.4 Å². The second-order valence-corrected chi connectivity index (χ2v) is 4.47. The van der Waals surface area contributed by atoms with Crippen molar-refractivity contribution >= 4 is 5.95 Å². The van der Waals surface area contributed by atoms with E-state index in [1.54, 1.807) is 12.4 Å². The SMILES string of the molecule is CCN1CCN(c2ncc(CO)cn2)CC1C. The van der Waals surface area contributed by atoms with E-state index in [9.17, 15) is 0 Å². The van der Waals surface area contributed by atoms with Gasteiger partial charge in [0.25, 0.3) is 0 Å². The molecule has 0 saturated carbocycles. The van der Waals surface area contributed by atoms with Crippen molar-refractivity contribution in [3.63, 3.8) is 0 Å². The van der Waals surface area contributed by atoms with E-state index in [0.29, 0.717) is 6.04 Å². The Hall–Kier alpha value is -1.20. The molecular weight excluding hydrogens is 216 g/mol. The lowest BCUT2D eigenvalue weighted by Gasteiger charge is -2.39. The van der Waals surface area contributed by atoms with Crippen LogP contribution in [-0.4, -0.2) is 52.2 Å². The predicted octanol–water partition coefficient (Wildman–Crippen LogP) is 0.499. The van der Waals surface area contributed by atoms with E-state index in [1.807, 2.05) is 0 Å². The van der Waals surface area contributed by atoms with E-state index in [4.69, 9.17) is 5.11 Å².